The van der Waals surface area contributed by atoms with Crippen LogP contribution in [0.3, 0.4) is 0 Å². The molecule has 0 saturated carbocycles. The van der Waals surface area contributed by atoms with E-state index in [9.17, 15) is 18.2 Å². The van der Waals surface area contributed by atoms with Crippen LogP contribution in [0.15, 0.2) is 0 Å². The molecule has 0 bridgehead atoms. The highest BCUT2D eigenvalue weighted by molar-refractivity contribution is 6.57. The van der Waals surface area contributed by atoms with E-state index in [2.05, 4.69) is 9.31 Å². The predicted octanol–water partition coefficient (Wildman–Crippen LogP) is -0.149. The van der Waals surface area contributed by atoms with Gasteiger partial charge in [0.2, 0.25) is 0 Å². The first-order valence-electron chi connectivity index (χ1n) is 2.43. The van der Waals surface area contributed by atoms with Crippen LogP contribution in [0.2, 0.25) is 0 Å². The molecule has 1 fully saturated rings. The first kappa shape index (κ1) is 6.98. The van der Waals surface area contributed by atoms with Crippen LogP contribution in [-0.2, 0) is 18.9 Å². The Bertz CT molecular complexity index is 173. The summed E-state index contributed by atoms with van der Waals surface area (Å²) in [5, 5.41) is 0. The Hall–Kier alpha value is -1.14. The van der Waals surface area contributed by atoms with Gasteiger partial charge in [-0.25, -0.2) is 0 Å². The van der Waals surface area contributed by atoms with Crippen molar-refractivity contribution in [1.29, 1.82) is 0 Å². The van der Waals surface area contributed by atoms with Crippen molar-refractivity contribution in [2.75, 3.05) is 0 Å². The highest BCUT2D eigenvalue weighted by atomic mass is 19.3. The molecule has 0 aromatic rings. The molecule has 0 radical (unpaired) electrons. The second-order valence-electron chi connectivity index (χ2n) is 1.69. The fraction of sp³-hybridized carbons (Fsp3) is 0.333. The van der Waals surface area contributed by atoms with E-state index >= 15 is 0 Å². The number of hydrogen-bond donors (Lipinski definition) is 0. The maximum absolute atomic E-state index is 11.9. The van der Waals surface area contributed by atoms with E-state index < -0.39 is 25.5 Å². The van der Waals surface area contributed by atoms with Crippen molar-refractivity contribution in [3.63, 3.8) is 0 Å². The molecule has 1 aliphatic heterocycles. The van der Waals surface area contributed by atoms with Crippen LogP contribution in [-0.4, -0.2) is 19.0 Å². The van der Waals surface area contributed by atoms with E-state index in [1.165, 1.54) is 0 Å². The van der Waals surface area contributed by atoms with Gasteiger partial charge in [0.25, 0.3) is 11.9 Å². The molecule has 1 saturated heterocycles. The smallest absolute Gasteiger partial charge is 0.601 e. The minimum absolute atomic E-state index is 0.739. The van der Waals surface area contributed by atoms with Gasteiger partial charge >= 0.3 is 7.11 Å². The van der Waals surface area contributed by atoms with Gasteiger partial charge in [0.1, 0.15) is 6.42 Å². The highest BCUT2D eigenvalue weighted by Crippen LogP contribution is 2.17. The molecular formula is C3H2BF2O4-. The van der Waals surface area contributed by atoms with E-state index in [0.29, 0.717) is 0 Å². The third kappa shape index (κ3) is 1.43. The summed E-state index contributed by atoms with van der Waals surface area (Å²) in [6.07, 6.45) is -0.739. The van der Waals surface area contributed by atoms with E-state index in [4.69, 9.17) is 0 Å². The standard InChI is InChI=1S/C3H2BF2O4/c5-4(6)9-2(7)1-3(8)10-4/h1H2/q-1. The molecule has 0 N–H and O–H groups in total. The summed E-state index contributed by atoms with van der Waals surface area (Å²) in [6, 6.07) is 0. The summed E-state index contributed by atoms with van der Waals surface area (Å²) in [4.78, 5) is 20.2. The van der Waals surface area contributed by atoms with Crippen LogP contribution in [0.1, 0.15) is 6.42 Å². The van der Waals surface area contributed by atoms with E-state index in [-0.39, 0.29) is 0 Å². The first-order valence-corrected chi connectivity index (χ1v) is 2.43. The monoisotopic (exact) mass is 151 g/mol. The Morgan fingerprint density at radius 2 is 1.60 bits per heavy atom. The maximum atomic E-state index is 11.9. The van der Waals surface area contributed by atoms with Gasteiger partial charge in [0.15, 0.2) is 0 Å². The van der Waals surface area contributed by atoms with Gasteiger partial charge in [0.05, 0.1) is 0 Å². The molecule has 0 amide bonds. The molecular weight excluding hydrogens is 149 g/mol. The predicted molar refractivity (Wildman–Crippen MR) is 24.8 cm³/mol. The Kier molecular flexibility index (Phi) is 1.35. The van der Waals surface area contributed by atoms with Gasteiger partial charge < -0.3 is 17.9 Å². The summed E-state index contributed by atoms with van der Waals surface area (Å²) in [7, 11) is -4.68. The molecule has 56 valence electrons. The lowest BCUT2D eigenvalue weighted by Gasteiger charge is -2.29. The molecule has 1 heterocycles. The van der Waals surface area contributed by atoms with E-state index in [1.54, 1.807) is 0 Å². The normalized spacial score (nSPS) is 23.4. The largest absolute Gasteiger partial charge is 0.729 e. The van der Waals surface area contributed by atoms with Crippen LogP contribution >= 0.6 is 0 Å². The average Bonchev–Trinajstić information content (AvgIpc) is 1.54. The molecule has 0 aliphatic carbocycles. The average molecular weight is 151 g/mol. The number of rotatable bonds is 0. The zero-order valence-electron chi connectivity index (χ0n) is 4.67. The quantitative estimate of drug-likeness (QED) is 0.356. The number of carbonyl (C=O) groups is 2. The topological polar surface area (TPSA) is 52.6 Å². The number of carbonyl (C=O) groups excluding carboxylic acids is 2. The second-order valence-corrected chi connectivity index (χ2v) is 1.69. The van der Waals surface area contributed by atoms with Gasteiger partial charge in [-0.1, -0.05) is 0 Å². The summed E-state index contributed by atoms with van der Waals surface area (Å²) in [5.41, 5.74) is 0. The fourth-order valence-corrected chi connectivity index (χ4v) is 0.531. The molecule has 10 heavy (non-hydrogen) atoms. The van der Waals surface area contributed by atoms with Crippen LogP contribution in [0, 0.1) is 0 Å². The van der Waals surface area contributed by atoms with Crippen LogP contribution < -0.4 is 0 Å². The fourth-order valence-electron chi connectivity index (χ4n) is 0.531. The summed E-state index contributed by atoms with van der Waals surface area (Å²) in [6.45, 7) is 0. The van der Waals surface area contributed by atoms with Crippen molar-refractivity contribution in [1.82, 2.24) is 0 Å². The lowest BCUT2D eigenvalue weighted by atomic mass is 10.1. The highest BCUT2D eigenvalue weighted by Gasteiger charge is 2.41. The van der Waals surface area contributed by atoms with Crippen molar-refractivity contribution in [2.45, 2.75) is 6.42 Å². The zero-order chi connectivity index (χ0) is 7.78. The van der Waals surface area contributed by atoms with Gasteiger partial charge in [0, 0.05) is 0 Å². The van der Waals surface area contributed by atoms with Crippen molar-refractivity contribution >= 4 is 19.0 Å². The van der Waals surface area contributed by atoms with E-state index in [1.807, 2.05) is 0 Å². The lowest BCUT2D eigenvalue weighted by molar-refractivity contribution is -0.157. The SMILES string of the molecule is O=C1CC(=O)O[B-](F)(F)O1. The molecule has 7 heteroatoms. The van der Waals surface area contributed by atoms with Crippen molar-refractivity contribution in [2.24, 2.45) is 0 Å². The molecule has 0 unspecified atom stereocenters. The second kappa shape index (κ2) is 1.93. The molecule has 1 aliphatic rings. The van der Waals surface area contributed by atoms with Crippen LogP contribution in [0.25, 0.3) is 0 Å². The summed E-state index contributed by atoms with van der Waals surface area (Å²) >= 11 is 0. The molecule has 0 aromatic heterocycles. The molecule has 0 spiro atoms. The van der Waals surface area contributed by atoms with E-state index in [0.717, 1.165) is 0 Å². The van der Waals surface area contributed by atoms with Gasteiger partial charge in [-0.05, 0) is 0 Å². The first-order chi connectivity index (χ1) is 4.49. The third-order valence-electron chi connectivity index (χ3n) is 0.826. The number of halogens is 2. The summed E-state index contributed by atoms with van der Waals surface area (Å²) < 4.78 is 30.5. The summed E-state index contributed by atoms with van der Waals surface area (Å²) in [5.74, 6) is -2.50. The molecule has 0 atom stereocenters. The van der Waals surface area contributed by atoms with Gasteiger partial charge in [-0.2, -0.15) is 0 Å². The van der Waals surface area contributed by atoms with Crippen molar-refractivity contribution < 1.29 is 27.5 Å². The maximum Gasteiger partial charge on any atom is 0.729 e. The third-order valence-corrected chi connectivity index (χ3v) is 0.826. The number of hydrogen-bond acceptors (Lipinski definition) is 4. The van der Waals surface area contributed by atoms with Crippen LogP contribution in [0.4, 0.5) is 8.63 Å². The Morgan fingerprint density at radius 1 is 1.20 bits per heavy atom. The minimum Gasteiger partial charge on any atom is -0.601 e. The minimum atomic E-state index is -4.68. The van der Waals surface area contributed by atoms with Crippen LogP contribution in [0.5, 0.6) is 0 Å². The Morgan fingerprint density at radius 3 is 1.90 bits per heavy atom. The molecule has 0 aromatic carbocycles. The van der Waals surface area contributed by atoms with Crippen molar-refractivity contribution in [3.05, 3.63) is 0 Å². The van der Waals surface area contributed by atoms with Gasteiger partial charge in [-0.3, -0.25) is 9.59 Å². The van der Waals surface area contributed by atoms with Gasteiger partial charge in [-0.15, -0.1) is 0 Å². The molecule has 1 rings (SSSR count). The zero-order valence-corrected chi connectivity index (χ0v) is 4.67. The Balaban J connectivity index is 2.68. The molecule has 4 nitrogen and oxygen atoms in total. The van der Waals surface area contributed by atoms with Crippen molar-refractivity contribution in [3.8, 4) is 0 Å². The Labute approximate surface area is 54.2 Å². The lowest BCUT2D eigenvalue weighted by Crippen LogP contribution is -2.43.